The lowest BCUT2D eigenvalue weighted by Crippen LogP contribution is -2.50. The molecular weight excluding hydrogens is 692 g/mol. The van der Waals surface area contributed by atoms with Crippen LogP contribution < -0.4 is 20.1 Å². The molecule has 11 nitrogen and oxygen atoms in total. The number of benzene rings is 2. The van der Waals surface area contributed by atoms with E-state index in [4.69, 9.17) is 14.2 Å². The molecule has 0 saturated heterocycles. The maximum absolute atomic E-state index is 14.1. The molecular formula is C37H49BrN4O7. The number of carbonyl (C=O) groups excluding carboxylic acids is 4. The van der Waals surface area contributed by atoms with Gasteiger partial charge in [0, 0.05) is 35.2 Å². The first-order valence-corrected chi connectivity index (χ1v) is 17.9. The highest BCUT2D eigenvalue weighted by atomic mass is 79.9. The molecule has 0 bridgehead atoms. The molecule has 2 aromatic carbocycles. The van der Waals surface area contributed by atoms with Crippen molar-refractivity contribution in [3.05, 3.63) is 69.3 Å². The van der Waals surface area contributed by atoms with Crippen LogP contribution in [0, 0.1) is 0 Å². The summed E-state index contributed by atoms with van der Waals surface area (Å²) in [5.74, 6) is 0.112. The van der Waals surface area contributed by atoms with Gasteiger partial charge in [-0.15, -0.1) is 0 Å². The maximum atomic E-state index is 14.1. The molecule has 2 unspecified atom stereocenters. The van der Waals surface area contributed by atoms with Crippen LogP contribution >= 0.6 is 15.9 Å². The second-order valence-corrected chi connectivity index (χ2v) is 14.2. The van der Waals surface area contributed by atoms with Gasteiger partial charge in [0.2, 0.25) is 18.6 Å². The van der Waals surface area contributed by atoms with Gasteiger partial charge in [-0.1, -0.05) is 60.3 Å². The van der Waals surface area contributed by atoms with E-state index in [0.29, 0.717) is 41.3 Å². The van der Waals surface area contributed by atoms with Gasteiger partial charge in [0.05, 0.1) is 18.2 Å². The number of nitrogens with one attached hydrogen (secondary N) is 2. The molecule has 0 radical (unpaired) electrons. The summed E-state index contributed by atoms with van der Waals surface area (Å²) >= 11 is 3.43. The number of amides is 4. The summed E-state index contributed by atoms with van der Waals surface area (Å²) in [6.45, 7) is 12.2. The molecule has 0 aliphatic carbocycles. The summed E-state index contributed by atoms with van der Waals surface area (Å²) in [5, 5.41) is 6.03. The van der Waals surface area contributed by atoms with Crippen LogP contribution in [0.25, 0.3) is 0 Å². The Morgan fingerprint density at radius 1 is 1.04 bits per heavy atom. The highest BCUT2D eigenvalue weighted by molar-refractivity contribution is 9.10. The number of rotatable bonds is 15. The molecule has 2 atom stereocenters. The topological polar surface area (TPSA) is 127 Å². The normalized spacial score (nSPS) is 16.3. The predicted octanol–water partition coefficient (Wildman–Crippen LogP) is 6.93. The predicted molar refractivity (Wildman–Crippen MR) is 190 cm³/mol. The average Bonchev–Trinajstić information content (AvgIpc) is 3.51. The standard InChI is InChI=1S/C37H49BrN4O7/c1-7-9-10-11-20-42(33(34(44)40-37(4,5)6)26-16-19-28-29(22-26)49-23-48-28)30(43)13-12-21-41-24(3)31(35(45)47-8-2)32(39-36(41)46)25-14-17-27(38)18-15-25/h14-19,22,32-33H,7-13,20-21,23H2,1-6H3,(H,39,46)(H,40,44). The Kier molecular flexibility index (Phi) is 13.1. The maximum Gasteiger partial charge on any atom is 0.338 e. The Hall–Kier alpha value is -4.06. The van der Waals surface area contributed by atoms with Gasteiger partial charge < -0.3 is 29.7 Å². The minimum Gasteiger partial charge on any atom is -0.463 e. The number of esters is 1. The third-order valence-corrected chi connectivity index (χ3v) is 8.94. The first-order valence-electron chi connectivity index (χ1n) is 17.1. The van der Waals surface area contributed by atoms with E-state index >= 15 is 0 Å². The van der Waals surface area contributed by atoms with Crippen LogP contribution in [-0.4, -0.2) is 65.6 Å². The molecule has 12 heteroatoms. The zero-order chi connectivity index (χ0) is 35.7. The van der Waals surface area contributed by atoms with E-state index in [2.05, 4.69) is 33.5 Å². The number of urea groups is 1. The molecule has 0 aromatic heterocycles. The minimum atomic E-state index is -0.898. The second-order valence-electron chi connectivity index (χ2n) is 13.3. The number of carbonyl (C=O) groups is 4. The van der Waals surface area contributed by atoms with E-state index in [0.717, 1.165) is 35.7 Å². The fourth-order valence-electron chi connectivity index (χ4n) is 6.06. The number of unbranched alkanes of at least 4 members (excludes halogenated alkanes) is 3. The third kappa shape index (κ3) is 9.77. The Labute approximate surface area is 297 Å². The molecule has 0 saturated carbocycles. The molecule has 49 heavy (non-hydrogen) atoms. The van der Waals surface area contributed by atoms with Gasteiger partial charge in [0.25, 0.3) is 0 Å². The third-order valence-electron chi connectivity index (χ3n) is 8.41. The zero-order valence-corrected chi connectivity index (χ0v) is 31.0. The van der Waals surface area contributed by atoms with Crippen molar-refractivity contribution in [2.24, 2.45) is 0 Å². The van der Waals surface area contributed by atoms with Crippen LogP contribution in [0.4, 0.5) is 4.79 Å². The SMILES string of the molecule is CCCCCCN(C(=O)CCCN1C(=O)NC(c2ccc(Br)cc2)C(C(=O)OCC)=C1C)C(C(=O)NC(C)(C)C)c1ccc2c(c1)OCO2. The van der Waals surface area contributed by atoms with Gasteiger partial charge in [0.15, 0.2) is 11.5 Å². The van der Waals surface area contributed by atoms with E-state index in [1.165, 1.54) is 4.90 Å². The van der Waals surface area contributed by atoms with E-state index < -0.39 is 23.6 Å². The molecule has 2 aliphatic heterocycles. The molecule has 4 rings (SSSR count). The molecule has 2 aromatic rings. The lowest BCUT2D eigenvalue weighted by Gasteiger charge is -2.36. The summed E-state index contributed by atoms with van der Waals surface area (Å²) in [6, 6.07) is 10.8. The van der Waals surface area contributed by atoms with Gasteiger partial charge in [-0.2, -0.15) is 0 Å². The molecule has 0 fully saturated rings. The highest BCUT2D eigenvalue weighted by Gasteiger charge is 2.37. The van der Waals surface area contributed by atoms with Gasteiger partial charge in [-0.3, -0.25) is 14.5 Å². The average molecular weight is 742 g/mol. The molecule has 4 amide bonds. The smallest absolute Gasteiger partial charge is 0.338 e. The Bertz CT molecular complexity index is 1540. The van der Waals surface area contributed by atoms with Crippen LogP contribution in [0.3, 0.4) is 0 Å². The zero-order valence-electron chi connectivity index (χ0n) is 29.4. The van der Waals surface area contributed by atoms with Crippen molar-refractivity contribution in [2.75, 3.05) is 26.5 Å². The first kappa shape index (κ1) is 37.8. The molecule has 2 aliphatic rings. The van der Waals surface area contributed by atoms with E-state index in [1.54, 1.807) is 36.9 Å². The van der Waals surface area contributed by atoms with Crippen LogP contribution in [0.2, 0.25) is 0 Å². The monoisotopic (exact) mass is 740 g/mol. The number of fused-ring (bicyclic) bond motifs is 1. The van der Waals surface area contributed by atoms with Gasteiger partial charge in [0.1, 0.15) is 6.04 Å². The van der Waals surface area contributed by atoms with Crippen molar-refractivity contribution in [1.82, 2.24) is 20.4 Å². The number of halogens is 1. The van der Waals surface area contributed by atoms with Crippen molar-refractivity contribution in [3.63, 3.8) is 0 Å². The van der Waals surface area contributed by atoms with E-state index in [9.17, 15) is 19.2 Å². The Morgan fingerprint density at radius 2 is 1.76 bits per heavy atom. The van der Waals surface area contributed by atoms with Crippen LogP contribution in [-0.2, 0) is 19.1 Å². The van der Waals surface area contributed by atoms with Crippen molar-refractivity contribution >= 4 is 39.7 Å². The van der Waals surface area contributed by atoms with Gasteiger partial charge >= 0.3 is 12.0 Å². The summed E-state index contributed by atoms with van der Waals surface area (Å²) in [7, 11) is 0. The number of allylic oxidation sites excluding steroid dienone is 1. The molecule has 266 valence electrons. The van der Waals surface area contributed by atoms with Crippen molar-refractivity contribution in [1.29, 1.82) is 0 Å². The molecule has 2 heterocycles. The van der Waals surface area contributed by atoms with Crippen LogP contribution in [0.1, 0.15) is 103 Å². The number of ether oxygens (including phenoxy) is 3. The second kappa shape index (κ2) is 17.0. The Morgan fingerprint density at radius 3 is 2.43 bits per heavy atom. The summed E-state index contributed by atoms with van der Waals surface area (Å²) in [6.07, 6.45) is 4.10. The lowest BCUT2D eigenvalue weighted by molar-refractivity contribution is -0.141. The van der Waals surface area contributed by atoms with Crippen LogP contribution in [0.15, 0.2) is 58.2 Å². The molecule has 0 spiro atoms. The molecule has 2 N–H and O–H groups in total. The largest absolute Gasteiger partial charge is 0.463 e. The van der Waals surface area contributed by atoms with E-state index in [-0.39, 0.29) is 44.2 Å². The number of nitrogens with zero attached hydrogens (tertiary/aromatic N) is 2. The fraction of sp³-hybridized carbons (Fsp3) is 0.514. The first-order chi connectivity index (χ1) is 23.3. The summed E-state index contributed by atoms with van der Waals surface area (Å²) in [5.41, 5.74) is 1.66. The summed E-state index contributed by atoms with van der Waals surface area (Å²) in [4.78, 5) is 57.8. The summed E-state index contributed by atoms with van der Waals surface area (Å²) < 4.78 is 17.4. The van der Waals surface area contributed by atoms with Crippen molar-refractivity contribution in [2.45, 2.75) is 97.7 Å². The van der Waals surface area contributed by atoms with Crippen LogP contribution in [0.5, 0.6) is 11.5 Å². The van der Waals surface area contributed by atoms with Crippen molar-refractivity contribution < 1.29 is 33.4 Å². The van der Waals surface area contributed by atoms with Gasteiger partial charge in [-0.05, 0) is 82.9 Å². The Balaban J connectivity index is 1.59. The lowest BCUT2D eigenvalue weighted by atomic mass is 9.95. The number of hydrogen-bond donors (Lipinski definition) is 2. The van der Waals surface area contributed by atoms with Crippen molar-refractivity contribution in [3.8, 4) is 11.5 Å². The quantitative estimate of drug-likeness (QED) is 0.150. The highest BCUT2D eigenvalue weighted by Crippen LogP contribution is 2.37. The minimum absolute atomic E-state index is 0.0829. The fourth-order valence-corrected chi connectivity index (χ4v) is 6.33. The van der Waals surface area contributed by atoms with Gasteiger partial charge in [-0.25, -0.2) is 9.59 Å². The van der Waals surface area contributed by atoms with E-state index in [1.807, 2.05) is 45.0 Å². The number of hydrogen-bond acceptors (Lipinski definition) is 7.